The third-order valence-electron chi connectivity index (χ3n) is 12.1. The molecule has 0 aliphatic heterocycles. The number of benzene rings is 6. The van der Waals surface area contributed by atoms with Gasteiger partial charge in [0.2, 0.25) is 0 Å². The van der Waals surface area contributed by atoms with E-state index in [0.717, 1.165) is 25.7 Å². The molecule has 6 aromatic rings. The van der Waals surface area contributed by atoms with Gasteiger partial charge >= 0.3 is 11.9 Å². The van der Waals surface area contributed by atoms with Gasteiger partial charge in [-0.05, 0) is 139 Å². The van der Waals surface area contributed by atoms with Crippen LogP contribution < -0.4 is 20.1 Å². The monoisotopic (exact) mass is 806 g/mol. The normalized spacial score (nSPS) is 19.6. The predicted octanol–water partition coefficient (Wildman–Crippen LogP) is 11.1. The van der Waals surface area contributed by atoms with E-state index < -0.39 is 5.97 Å². The molecule has 8 nitrogen and oxygen atoms in total. The number of carboxylic acids is 1. The number of aliphatic carboxylic acids is 1. The van der Waals surface area contributed by atoms with Gasteiger partial charge in [-0.2, -0.15) is 0 Å². The Bertz CT molecular complexity index is 2320. The molecule has 312 valence electrons. The number of fused-ring (bicyclic) bond motifs is 2. The van der Waals surface area contributed by atoms with Crippen molar-refractivity contribution in [3.8, 4) is 11.5 Å². The Labute approximate surface area is 354 Å². The van der Waals surface area contributed by atoms with Gasteiger partial charge in [0, 0.05) is 24.2 Å². The zero-order chi connectivity index (χ0) is 41.8. The van der Waals surface area contributed by atoms with Crippen molar-refractivity contribution < 1.29 is 28.9 Å². The standard InChI is InChI=1S/C27H31NO3.C25H27NO3/c1-3-30-27(29)18-31-24-15-12-20(13-16-24)22-11-14-23(17-22)28-19(2)25-10-6-8-21-7-4-5-9-26(21)25;1-17(23-8-4-6-19-5-2-3-7-24(19)23)26-21-12-9-20(15-21)18-10-13-22(14-11-18)29-16-25(27)28/h4-10,12-13,15-16,19,22-23,28H,3,11,14,17-18H2,1-2H3;2-8,10-11,13-14,17,20-21,26H,9,12,15-16H2,1H3,(H,27,28)/t19-,22+,23-;17-,20+,21-/m11/s1. The lowest BCUT2D eigenvalue weighted by Gasteiger charge is -2.21. The van der Waals surface area contributed by atoms with E-state index in [0.29, 0.717) is 54.1 Å². The summed E-state index contributed by atoms with van der Waals surface area (Å²) < 4.78 is 15.6. The molecule has 6 atom stereocenters. The number of esters is 1. The average molecular weight is 807 g/mol. The van der Waals surface area contributed by atoms with Gasteiger partial charge in [0.25, 0.3) is 0 Å². The quantitative estimate of drug-likeness (QED) is 0.0881. The summed E-state index contributed by atoms with van der Waals surface area (Å²) in [5.41, 5.74) is 5.36. The Hall–Kier alpha value is -5.70. The molecule has 8 heteroatoms. The molecule has 2 aliphatic rings. The van der Waals surface area contributed by atoms with Crippen LogP contribution in [0.5, 0.6) is 11.5 Å². The predicted molar refractivity (Wildman–Crippen MR) is 240 cm³/mol. The van der Waals surface area contributed by atoms with Crippen molar-refractivity contribution >= 4 is 33.5 Å². The smallest absolute Gasteiger partial charge is 0.344 e. The second-order valence-corrected chi connectivity index (χ2v) is 16.2. The second-order valence-electron chi connectivity index (χ2n) is 16.2. The number of carbonyl (C=O) groups excluding carboxylic acids is 1. The Kier molecular flexibility index (Phi) is 14.5. The zero-order valence-corrected chi connectivity index (χ0v) is 35.0. The maximum Gasteiger partial charge on any atom is 0.344 e. The van der Waals surface area contributed by atoms with E-state index >= 15 is 0 Å². The van der Waals surface area contributed by atoms with Gasteiger partial charge in [-0.3, -0.25) is 0 Å². The summed E-state index contributed by atoms with van der Waals surface area (Å²) >= 11 is 0. The number of hydrogen-bond acceptors (Lipinski definition) is 7. The van der Waals surface area contributed by atoms with Gasteiger partial charge in [0.1, 0.15) is 11.5 Å². The van der Waals surface area contributed by atoms with E-state index in [1.807, 2.05) is 24.3 Å². The Balaban J connectivity index is 0.000000182. The van der Waals surface area contributed by atoms with Crippen molar-refractivity contribution in [2.45, 2.75) is 95.3 Å². The molecule has 6 aromatic carbocycles. The van der Waals surface area contributed by atoms with Crippen LogP contribution in [0.2, 0.25) is 0 Å². The van der Waals surface area contributed by atoms with Crippen LogP contribution in [-0.2, 0) is 14.3 Å². The highest BCUT2D eigenvalue weighted by atomic mass is 16.6. The largest absolute Gasteiger partial charge is 0.482 e. The zero-order valence-electron chi connectivity index (χ0n) is 35.0. The molecule has 0 radical (unpaired) electrons. The van der Waals surface area contributed by atoms with Crippen LogP contribution in [0.3, 0.4) is 0 Å². The van der Waals surface area contributed by atoms with Gasteiger partial charge in [0.15, 0.2) is 13.2 Å². The number of carbonyl (C=O) groups is 2. The second kappa shape index (κ2) is 20.5. The van der Waals surface area contributed by atoms with Crippen LogP contribution in [-0.4, -0.2) is 48.9 Å². The maximum atomic E-state index is 11.4. The molecule has 0 aromatic heterocycles. The van der Waals surface area contributed by atoms with E-state index in [9.17, 15) is 9.59 Å². The molecule has 3 N–H and O–H groups in total. The van der Waals surface area contributed by atoms with E-state index in [1.165, 1.54) is 56.6 Å². The maximum absolute atomic E-state index is 11.4. The first-order valence-electron chi connectivity index (χ1n) is 21.5. The lowest BCUT2D eigenvalue weighted by Crippen LogP contribution is -2.29. The first-order valence-corrected chi connectivity index (χ1v) is 21.5. The first-order chi connectivity index (χ1) is 29.2. The molecule has 0 amide bonds. The number of nitrogens with one attached hydrogen (secondary N) is 2. The molecule has 0 bridgehead atoms. The fourth-order valence-corrected chi connectivity index (χ4v) is 9.18. The SMILES string of the molecule is CCOC(=O)COc1ccc([C@H]2CC[C@@H](N[C@H](C)c3cccc4ccccc34)C2)cc1.C[C@@H](N[C@@H]1CC[C@H](c2ccc(OCC(=O)O)cc2)C1)c1cccc2ccccc12. The van der Waals surface area contributed by atoms with Gasteiger partial charge in [-0.1, -0.05) is 109 Å². The Morgan fingerprint density at radius 3 is 1.47 bits per heavy atom. The molecule has 2 fully saturated rings. The van der Waals surface area contributed by atoms with Crippen LogP contribution in [0.15, 0.2) is 133 Å². The summed E-state index contributed by atoms with van der Waals surface area (Å²) in [7, 11) is 0. The van der Waals surface area contributed by atoms with Crippen molar-refractivity contribution in [3.05, 3.63) is 156 Å². The number of hydrogen-bond donors (Lipinski definition) is 3. The topological polar surface area (TPSA) is 106 Å². The van der Waals surface area contributed by atoms with Crippen molar-refractivity contribution in [3.63, 3.8) is 0 Å². The van der Waals surface area contributed by atoms with Crippen LogP contribution >= 0.6 is 0 Å². The van der Waals surface area contributed by atoms with Gasteiger partial charge < -0.3 is 30.0 Å². The molecule has 2 aliphatic carbocycles. The van der Waals surface area contributed by atoms with Crippen LogP contribution in [0, 0.1) is 0 Å². The first kappa shape index (κ1) is 42.4. The van der Waals surface area contributed by atoms with E-state index in [1.54, 1.807) is 6.92 Å². The van der Waals surface area contributed by atoms with Gasteiger partial charge in [0.05, 0.1) is 6.61 Å². The number of ether oxygens (including phenoxy) is 3. The molecule has 0 saturated heterocycles. The van der Waals surface area contributed by atoms with Crippen LogP contribution in [0.4, 0.5) is 0 Å². The minimum atomic E-state index is -0.959. The van der Waals surface area contributed by atoms with E-state index in [4.69, 9.17) is 19.3 Å². The number of carboxylic acid groups (broad SMARTS) is 1. The van der Waals surface area contributed by atoms with Crippen LogP contribution in [0.1, 0.15) is 105 Å². The summed E-state index contributed by atoms with van der Waals surface area (Å²) in [6, 6.07) is 47.9. The molecule has 0 spiro atoms. The van der Waals surface area contributed by atoms with Gasteiger partial charge in [-0.15, -0.1) is 0 Å². The summed E-state index contributed by atoms with van der Waals surface area (Å²) in [5, 5.41) is 21.7. The number of rotatable bonds is 15. The van der Waals surface area contributed by atoms with Crippen LogP contribution in [0.25, 0.3) is 21.5 Å². The minimum Gasteiger partial charge on any atom is -0.482 e. The summed E-state index contributed by atoms with van der Waals surface area (Å²) in [4.78, 5) is 22.1. The lowest BCUT2D eigenvalue weighted by molar-refractivity contribution is -0.145. The Morgan fingerprint density at radius 2 is 1.02 bits per heavy atom. The summed E-state index contributed by atoms with van der Waals surface area (Å²) in [6.45, 7) is 6.33. The van der Waals surface area contributed by atoms with Crippen molar-refractivity contribution in [1.29, 1.82) is 0 Å². The lowest BCUT2D eigenvalue weighted by atomic mass is 9.96. The van der Waals surface area contributed by atoms with Crippen molar-refractivity contribution in [1.82, 2.24) is 10.6 Å². The minimum absolute atomic E-state index is 0.0470. The summed E-state index contributed by atoms with van der Waals surface area (Å²) in [5.74, 6) is 1.09. The molecule has 2 saturated carbocycles. The third-order valence-corrected chi connectivity index (χ3v) is 12.1. The molecule has 0 heterocycles. The van der Waals surface area contributed by atoms with E-state index in [-0.39, 0.29) is 19.2 Å². The third kappa shape index (κ3) is 11.1. The van der Waals surface area contributed by atoms with Crippen molar-refractivity contribution in [2.24, 2.45) is 0 Å². The molecular formula is C52H58N2O6. The van der Waals surface area contributed by atoms with E-state index in [2.05, 4.69) is 134 Å². The molecule has 0 unspecified atom stereocenters. The highest BCUT2D eigenvalue weighted by Gasteiger charge is 2.28. The molecule has 60 heavy (non-hydrogen) atoms. The fourth-order valence-electron chi connectivity index (χ4n) is 9.18. The highest BCUT2D eigenvalue weighted by molar-refractivity contribution is 5.86. The van der Waals surface area contributed by atoms with Crippen molar-refractivity contribution in [2.75, 3.05) is 19.8 Å². The van der Waals surface area contributed by atoms with Gasteiger partial charge in [-0.25, -0.2) is 9.59 Å². The highest BCUT2D eigenvalue weighted by Crippen LogP contribution is 2.38. The molecular weight excluding hydrogens is 749 g/mol. The fraction of sp³-hybridized carbons (Fsp3) is 0.346. The summed E-state index contributed by atoms with van der Waals surface area (Å²) in [6.07, 6.45) is 6.94. The average Bonchev–Trinajstić information content (AvgIpc) is 3.95. The molecule has 8 rings (SSSR count). The Morgan fingerprint density at radius 1 is 0.583 bits per heavy atom.